The topological polar surface area (TPSA) is 58.2 Å². The summed E-state index contributed by atoms with van der Waals surface area (Å²) in [7, 11) is -1.59. The van der Waals surface area contributed by atoms with Crippen LogP contribution in [0.4, 0.5) is 0 Å². The predicted molar refractivity (Wildman–Crippen MR) is 79.0 cm³/mol. The van der Waals surface area contributed by atoms with E-state index in [-0.39, 0.29) is 5.54 Å². The summed E-state index contributed by atoms with van der Waals surface area (Å²) in [5.41, 5.74) is 0.564. The van der Waals surface area contributed by atoms with Gasteiger partial charge in [-0.1, -0.05) is 12.8 Å². The number of hydrogen-bond donors (Lipinski definition) is 2. The van der Waals surface area contributed by atoms with Crippen molar-refractivity contribution in [2.45, 2.75) is 56.5 Å². The van der Waals surface area contributed by atoms with Crippen LogP contribution in [-0.4, -0.2) is 21.0 Å². The highest BCUT2D eigenvalue weighted by Gasteiger charge is 2.35. The van der Waals surface area contributed by atoms with Gasteiger partial charge in [-0.2, -0.15) is 0 Å². The Morgan fingerprint density at radius 2 is 2.00 bits per heavy atom. The van der Waals surface area contributed by atoms with Crippen molar-refractivity contribution in [3.63, 3.8) is 0 Å². The van der Waals surface area contributed by atoms with Crippen molar-refractivity contribution in [3.05, 3.63) is 15.8 Å². The van der Waals surface area contributed by atoms with Gasteiger partial charge in [0.25, 0.3) is 0 Å². The summed E-state index contributed by atoms with van der Waals surface area (Å²) in [6.07, 6.45) is 4.06. The summed E-state index contributed by atoms with van der Waals surface area (Å²) in [5, 5.41) is 4.95. The molecule has 108 valence electrons. The third-order valence-corrected chi connectivity index (χ3v) is 6.78. The molecular formula is C13H22N2O2S2. The smallest absolute Gasteiger partial charge is 0.242 e. The zero-order valence-corrected chi connectivity index (χ0v) is 13.4. The maximum absolute atomic E-state index is 12.6. The Balaban J connectivity index is 2.31. The summed E-state index contributed by atoms with van der Waals surface area (Å²) in [4.78, 5) is 1.36. The molecule has 0 aromatic carbocycles. The molecule has 1 heterocycles. The molecule has 4 nitrogen and oxygen atoms in total. The lowest BCUT2D eigenvalue weighted by Crippen LogP contribution is -2.43. The molecule has 0 aliphatic heterocycles. The van der Waals surface area contributed by atoms with E-state index in [2.05, 4.69) is 10.0 Å². The highest BCUT2D eigenvalue weighted by Crippen LogP contribution is 2.33. The van der Waals surface area contributed by atoms with Crippen molar-refractivity contribution >= 4 is 21.4 Å². The third kappa shape index (κ3) is 3.18. The van der Waals surface area contributed by atoms with E-state index in [1.54, 1.807) is 0 Å². The molecule has 2 N–H and O–H groups in total. The van der Waals surface area contributed by atoms with Gasteiger partial charge < -0.3 is 5.32 Å². The monoisotopic (exact) mass is 302 g/mol. The van der Waals surface area contributed by atoms with E-state index < -0.39 is 10.0 Å². The third-order valence-electron chi connectivity index (χ3n) is 3.68. The lowest BCUT2D eigenvalue weighted by atomic mass is 10.0. The number of rotatable bonds is 5. The number of hydrogen-bond acceptors (Lipinski definition) is 4. The molecule has 1 aliphatic carbocycles. The van der Waals surface area contributed by atoms with Crippen molar-refractivity contribution in [1.29, 1.82) is 0 Å². The van der Waals surface area contributed by atoms with Crippen LogP contribution in [-0.2, 0) is 16.6 Å². The first-order valence-corrected chi connectivity index (χ1v) is 9.00. The van der Waals surface area contributed by atoms with Crippen LogP contribution >= 0.6 is 11.3 Å². The molecular weight excluding hydrogens is 280 g/mol. The van der Waals surface area contributed by atoms with Crippen molar-refractivity contribution in [2.75, 3.05) is 7.05 Å². The average Bonchev–Trinajstić information content (AvgIpc) is 2.86. The molecule has 0 saturated heterocycles. The van der Waals surface area contributed by atoms with E-state index in [1.807, 2.05) is 26.3 Å². The molecule has 1 aromatic rings. The fourth-order valence-electron chi connectivity index (χ4n) is 2.76. The summed E-state index contributed by atoms with van der Waals surface area (Å²) in [6.45, 7) is 4.46. The second kappa shape index (κ2) is 5.52. The molecule has 0 bridgehead atoms. The lowest BCUT2D eigenvalue weighted by molar-refractivity contribution is 0.427. The molecule has 0 radical (unpaired) electrons. The van der Waals surface area contributed by atoms with Crippen LogP contribution in [0.1, 0.15) is 43.0 Å². The maximum Gasteiger partial charge on any atom is 0.242 e. The number of sulfonamides is 1. The Morgan fingerprint density at radius 3 is 2.58 bits per heavy atom. The SMILES string of the molecule is CNCc1scc(C)c1S(=O)(=O)NC1(C)CCCC1. The van der Waals surface area contributed by atoms with E-state index in [0.29, 0.717) is 11.4 Å². The Labute approximate surface area is 119 Å². The minimum atomic E-state index is -3.42. The standard InChI is InChI=1S/C13H22N2O2S2/c1-10-9-18-11(8-14-3)12(10)19(16,17)15-13(2)6-4-5-7-13/h9,14-15H,4-8H2,1-3H3. The fourth-order valence-corrected chi connectivity index (χ4v) is 6.05. The fraction of sp³-hybridized carbons (Fsp3) is 0.692. The molecule has 19 heavy (non-hydrogen) atoms. The van der Waals surface area contributed by atoms with Gasteiger partial charge in [-0.3, -0.25) is 0 Å². The van der Waals surface area contributed by atoms with Crippen LogP contribution in [0.25, 0.3) is 0 Å². The minimum absolute atomic E-state index is 0.274. The van der Waals surface area contributed by atoms with E-state index in [0.717, 1.165) is 36.1 Å². The van der Waals surface area contributed by atoms with Gasteiger partial charge in [0.2, 0.25) is 10.0 Å². The molecule has 1 aromatic heterocycles. The second-order valence-electron chi connectivity index (χ2n) is 5.57. The highest BCUT2D eigenvalue weighted by atomic mass is 32.2. The number of aryl methyl sites for hydroxylation is 1. The largest absolute Gasteiger partial charge is 0.315 e. The van der Waals surface area contributed by atoms with Crippen molar-refractivity contribution in [1.82, 2.24) is 10.0 Å². The van der Waals surface area contributed by atoms with Gasteiger partial charge >= 0.3 is 0 Å². The minimum Gasteiger partial charge on any atom is -0.315 e. The van der Waals surface area contributed by atoms with E-state index in [4.69, 9.17) is 0 Å². The van der Waals surface area contributed by atoms with Crippen molar-refractivity contribution in [3.8, 4) is 0 Å². The van der Waals surface area contributed by atoms with Crippen LogP contribution in [0.2, 0.25) is 0 Å². The first-order valence-electron chi connectivity index (χ1n) is 6.63. The maximum atomic E-state index is 12.6. The van der Waals surface area contributed by atoms with Gasteiger partial charge in [-0.15, -0.1) is 11.3 Å². The molecule has 0 spiro atoms. The molecule has 2 rings (SSSR count). The van der Waals surface area contributed by atoms with Crippen LogP contribution < -0.4 is 10.0 Å². The Hall–Kier alpha value is -0.430. The van der Waals surface area contributed by atoms with Gasteiger partial charge in [0.05, 0.1) is 0 Å². The molecule has 1 fully saturated rings. The zero-order chi connectivity index (χ0) is 14.1. The number of nitrogens with one attached hydrogen (secondary N) is 2. The zero-order valence-electron chi connectivity index (χ0n) is 11.7. The summed E-state index contributed by atoms with van der Waals surface area (Å²) in [6, 6.07) is 0. The highest BCUT2D eigenvalue weighted by molar-refractivity contribution is 7.89. The first-order chi connectivity index (χ1) is 8.88. The summed E-state index contributed by atoms with van der Waals surface area (Å²) < 4.78 is 28.2. The van der Waals surface area contributed by atoms with E-state index >= 15 is 0 Å². The van der Waals surface area contributed by atoms with Crippen LogP contribution in [0.15, 0.2) is 10.3 Å². The van der Waals surface area contributed by atoms with Gasteiger partial charge in [-0.05, 0) is 44.7 Å². The van der Waals surface area contributed by atoms with Crippen LogP contribution in [0.5, 0.6) is 0 Å². The normalized spacial score (nSPS) is 18.9. The van der Waals surface area contributed by atoms with Gasteiger partial charge in [0, 0.05) is 17.0 Å². The molecule has 1 saturated carbocycles. The Bertz CT molecular complexity index is 543. The first kappa shape index (κ1) is 15.0. The van der Waals surface area contributed by atoms with Gasteiger partial charge in [0.15, 0.2) is 0 Å². The van der Waals surface area contributed by atoms with Gasteiger partial charge in [-0.25, -0.2) is 13.1 Å². The van der Waals surface area contributed by atoms with Crippen LogP contribution in [0, 0.1) is 6.92 Å². The summed E-state index contributed by atoms with van der Waals surface area (Å²) >= 11 is 1.50. The molecule has 1 aliphatic rings. The van der Waals surface area contributed by atoms with Crippen LogP contribution in [0.3, 0.4) is 0 Å². The Kier molecular flexibility index (Phi) is 4.35. The summed E-state index contributed by atoms with van der Waals surface area (Å²) in [5.74, 6) is 0. The molecule has 6 heteroatoms. The van der Waals surface area contributed by atoms with Gasteiger partial charge in [0.1, 0.15) is 4.90 Å². The molecule has 0 amide bonds. The van der Waals surface area contributed by atoms with E-state index in [9.17, 15) is 8.42 Å². The molecule has 0 atom stereocenters. The molecule has 0 unspecified atom stereocenters. The predicted octanol–water partition coefficient (Wildman–Crippen LogP) is 2.39. The number of thiophene rings is 1. The Morgan fingerprint density at radius 1 is 1.37 bits per heavy atom. The second-order valence-corrected chi connectivity index (χ2v) is 8.16. The average molecular weight is 302 g/mol. The van der Waals surface area contributed by atoms with Crippen molar-refractivity contribution < 1.29 is 8.42 Å². The lowest BCUT2D eigenvalue weighted by Gasteiger charge is -2.25. The van der Waals surface area contributed by atoms with Crippen molar-refractivity contribution in [2.24, 2.45) is 0 Å². The quantitative estimate of drug-likeness (QED) is 0.878. The van der Waals surface area contributed by atoms with E-state index in [1.165, 1.54) is 11.3 Å².